The van der Waals surface area contributed by atoms with Crippen molar-refractivity contribution in [3.63, 3.8) is 0 Å². The number of carbonyl (C=O) groups is 1. The zero-order valence-electron chi connectivity index (χ0n) is 10.9. The van der Waals surface area contributed by atoms with Crippen molar-refractivity contribution >= 4 is 5.97 Å². The van der Waals surface area contributed by atoms with Gasteiger partial charge in [-0.2, -0.15) is 0 Å². The molecule has 1 fully saturated rings. The van der Waals surface area contributed by atoms with Gasteiger partial charge in [0.1, 0.15) is 0 Å². The van der Waals surface area contributed by atoms with Gasteiger partial charge in [0.2, 0.25) is 0 Å². The number of hydrogen-bond donors (Lipinski definition) is 2. The van der Waals surface area contributed by atoms with E-state index >= 15 is 0 Å². The molecule has 1 aliphatic rings. The molecule has 0 bridgehead atoms. The second-order valence-corrected chi connectivity index (χ2v) is 5.21. The van der Waals surface area contributed by atoms with Crippen LogP contribution < -0.4 is 5.32 Å². The molecule has 0 aliphatic carbocycles. The van der Waals surface area contributed by atoms with Gasteiger partial charge in [0.15, 0.2) is 0 Å². The van der Waals surface area contributed by atoms with Gasteiger partial charge in [-0.3, -0.25) is 4.79 Å². The number of benzene rings is 1. The lowest BCUT2D eigenvalue weighted by molar-refractivity contribution is -0.141. The predicted octanol–water partition coefficient (Wildman–Crippen LogP) is 2.84. The Hall–Kier alpha value is -1.49. The largest absolute Gasteiger partial charge is 0.481 e. The van der Waals surface area contributed by atoms with Gasteiger partial charge in [0, 0.05) is 25.1 Å². The van der Waals surface area contributed by atoms with Gasteiger partial charge in [-0.1, -0.05) is 23.8 Å². The zero-order chi connectivity index (χ0) is 14.2. The maximum atomic E-state index is 13.6. The van der Waals surface area contributed by atoms with Gasteiger partial charge in [-0.05, 0) is 18.9 Å². The number of aryl methyl sites for hydroxylation is 1. The lowest BCUT2D eigenvalue weighted by Crippen LogP contribution is -2.20. The van der Waals surface area contributed by atoms with Crippen LogP contribution in [0, 0.1) is 12.8 Å². The molecule has 0 saturated carbocycles. The van der Waals surface area contributed by atoms with E-state index in [9.17, 15) is 13.6 Å². The maximum Gasteiger partial charge on any atom is 0.307 e. The van der Waals surface area contributed by atoms with E-state index in [-0.39, 0.29) is 11.6 Å². The molecule has 0 radical (unpaired) electrons. The van der Waals surface area contributed by atoms with Crippen molar-refractivity contribution in [2.45, 2.75) is 32.2 Å². The van der Waals surface area contributed by atoms with Crippen molar-refractivity contribution in [3.05, 3.63) is 34.9 Å². The Morgan fingerprint density at radius 3 is 2.68 bits per heavy atom. The molecule has 104 valence electrons. The van der Waals surface area contributed by atoms with Crippen molar-refractivity contribution in [2.75, 3.05) is 6.54 Å². The monoisotopic (exact) mass is 269 g/mol. The first-order chi connectivity index (χ1) is 8.79. The first kappa shape index (κ1) is 13.9. The molecule has 2 rings (SSSR count). The van der Waals surface area contributed by atoms with E-state index in [1.807, 2.05) is 6.92 Å². The van der Waals surface area contributed by atoms with Crippen LogP contribution in [0.3, 0.4) is 0 Å². The fraction of sp³-hybridized carbons (Fsp3) is 0.500. The third-order valence-corrected chi connectivity index (χ3v) is 3.54. The summed E-state index contributed by atoms with van der Waals surface area (Å²) >= 11 is 0. The van der Waals surface area contributed by atoms with E-state index in [0.29, 0.717) is 18.5 Å². The molecule has 1 heterocycles. The molecule has 2 N–H and O–H groups in total. The lowest BCUT2D eigenvalue weighted by Gasteiger charge is -2.21. The van der Waals surface area contributed by atoms with Crippen LogP contribution in [0.15, 0.2) is 18.2 Å². The highest BCUT2D eigenvalue weighted by atomic mass is 19.3. The minimum Gasteiger partial charge on any atom is -0.481 e. The van der Waals surface area contributed by atoms with Gasteiger partial charge in [0.05, 0.1) is 5.92 Å². The Bertz CT molecular complexity index is 497. The maximum absolute atomic E-state index is 13.6. The van der Waals surface area contributed by atoms with Crippen molar-refractivity contribution < 1.29 is 18.7 Å². The summed E-state index contributed by atoms with van der Waals surface area (Å²) in [5.74, 6) is -4.32. The van der Waals surface area contributed by atoms with Crippen molar-refractivity contribution in [1.82, 2.24) is 5.32 Å². The zero-order valence-corrected chi connectivity index (χ0v) is 10.9. The first-order valence-electron chi connectivity index (χ1n) is 6.24. The number of carboxylic acid groups (broad SMARTS) is 1. The van der Waals surface area contributed by atoms with Crippen LogP contribution in [0.25, 0.3) is 0 Å². The van der Waals surface area contributed by atoms with Crippen molar-refractivity contribution in [1.29, 1.82) is 0 Å². The molecule has 0 amide bonds. The summed E-state index contributed by atoms with van der Waals surface area (Å²) in [5.41, 5.74) is 1.38. The van der Waals surface area contributed by atoms with E-state index in [1.165, 1.54) is 6.07 Å². The Kier molecular flexibility index (Phi) is 3.58. The molecule has 19 heavy (non-hydrogen) atoms. The van der Waals surface area contributed by atoms with Crippen molar-refractivity contribution in [3.8, 4) is 0 Å². The molecular weight excluding hydrogens is 252 g/mol. The summed E-state index contributed by atoms with van der Waals surface area (Å²) in [6.07, 6.45) is 0.349. The Morgan fingerprint density at radius 2 is 2.16 bits per heavy atom. The van der Waals surface area contributed by atoms with Gasteiger partial charge in [-0.15, -0.1) is 0 Å². The van der Waals surface area contributed by atoms with Crippen LogP contribution in [0.4, 0.5) is 8.78 Å². The van der Waals surface area contributed by atoms with Gasteiger partial charge < -0.3 is 10.4 Å². The normalized spacial score (nSPS) is 23.6. The molecule has 3 nitrogen and oxygen atoms in total. The number of halogens is 2. The van der Waals surface area contributed by atoms with Crippen LogP contribution in [-0.2, 0) is 10.7 Å². The number of rotatable bonds is 3. The molecule has 1 saturated heterocycles. The number of carboxylic acids is 1. The van der Waals surface area contributed by atoms with E-state index in [1.54, 1.807) is 12.1 Å². The van der Waals surface area contributed by atoms with Gasteiger partial charge in [0.25, 0.3) is 5.92 Å². The van der Waals surface area contributed by atoms with E-state index in [2.05, 4.69) is 5.32 Å². The molecule has 2 unspecified atom stereocenters. The molecule has 1 aromatic rings. The lowest BCUT2D eigenvalue weighted by atomic mass is 9.92. The summed E-state index contributed by atoms with van der Waals surface area (Å²) in [6, 6.07) is 4.48. The van der Waals surface area contributed by atoms with Crippen LogP contribution in [-0.4, -0.2) is 17.6 Å². The third kappa shape index (κ3) is 2.92. The standard InChI is InChI=1S/C14H17F2NO2/c1-8-3-4-11(14(2,15)16)10(5-8)12-6-9(7-17-12)13(18)19/h3-5,9,12,17H,6-7H2,1-2H3,(H,18,19). The third-order valence-electron chi connectivity index (χ3n) is 3.54. The topological polar surface area (TPSA) is 49.3 Å². The summed E-state index contributed by atoms with van der Waals surface area (Å²) in [6.45, 7) is 3.03. The minimum absolute atomic E-state index is 0.0263. The van der Waals surface area contributed by atoms with Gasteiger partial charge >= 0.3 is 5.97 Å². The minimum atomic E-state index is -2.92. The average molecular weight is 269 g/mol. The Morgan fingerprint density at radius 1 is 1.47 bits per heavy atom. The van der Waals surface area contributed by atoms with Crippen LogP contribution in [0.1, 0.15) is 36.1 Å². The van der Waals surface area contributed by atoms with E-state index < -0.39 is 17.8 Å². The molecular formula is C14H17F2NO2. The van der Waals surface area contributed by atoms with Gasteiger partial charge in [-0.25, -0.2) is 8.78 Å². The molecule has 2 atom stereocenters. The summed E-state index contributed by atoms with van der Waals surface area (Å²) < 4.78 is 27.2. The predicted molar refractivity (Wildman–Crippen MR) is 67.2 cm³/mol. The number of aliphatic carboxylic acids is 1. The first-order valence-corrected chi connectivity index (χ1v) is 6.24. The quantitative estimate of drug-likeness (QED) is 0.887. The van der Waals surface area contributed by atoms with Crippen LogP contribution >= 0.6 is 0 Å². The number of nitrogens with one attached hydrogen (secondary N) is 1. The van der Waals surface area contributed by atoms with E-state index in [0.717, 1.165) is 12.5 Å². The molecule has 5 heteroatoms. The highest BCUT2D eigenvalue weighted by molar-refractivity contribution is 5.70. The van der Waals surface area contributed by atoms with E-state index in [4.69, 9.17) is 5.11 Å². The number of hydrogen-bond acceptors (Lipinski definition) is 2. The molecule has 1 aromatic carbocycles. The summed E-state index contributed by atoms with van der Waals surface area (Å²) in [7, 11) is 0. The highest BCUT2D eigenvalue weighted by Crippen LogP contribution is 2.37. The SMILES string of the molecule is Cc1ccc(C(C)(F)F)c(C2CC(C(=O)O)CN2)c1. The smallest absolute Gasteiger partial charge is 0.307 e. The summed E-state index contributed by atoms with van der Waals surface area (Å²) in [4.78, 5) is 10.9. The molecule has 0 aromatic heterocycles. The fourth-order valence-electron chi connectivity index (χ4n) is 2.53. The van der Waals surface area contributed by atoms with Crippen LogP contribution in [0.2, 0.25) is 0 Å². The summed E-state index contributed by atoms with van der Waals surface area (Å²) in [5, 5.41) is 12.0. The second-order valence-electron chi connectivity index (χ2n) is 5.21. The Labute approximate surface area is 110 Å². The van der Waals surface area contributed by atoms with Crippen LogP contribution in [0.5, 0.6) is 0 Å². The second kappa shape index (κ2) is 4.89. The molecule has 0 spiro atoms. The molecule has 1 aliphatic heterocycles. The highest BCUT2D eigenvalue weighted by Gasteiger charge is 2.35. The Balaban J connectivity index is 2.34. The van der Waals surface area contributed by atoms with Crippen molar-refractivity contribution in [2.24, 2.45) is 5.92 Å². The number of alkyl halides is 2. The fourth-order valence-corrected chi connectivity index (χ4v) is 2.53. The average Bonchev–Trinajstić information content (AvgIpc) is 2.76.